The minimum Gasteiger partial charge on any atom is -0.485 e. The smallest absolute Gasteiger partial charge is 0.270 e. The van der Waals surface area contributed by atoms with Crippen molar-refractivity contribution in [2.75, 3.05) is 6.54 Å². The second-order valence-electron chi connectivity index (χ2n) is 7.46. The van der Waals surface area contributed by atoms with Gasteiger partial charge in [-0.2, -0.15) is 0 Å². The molecule has 4 atom stereocenters. The molecule has 0 spiro atoms. The number of nitro benzene ring substituents is 1. The van der Waals surface area contributed by atoms with Gasteiger partial charge < -0.3 is 9.84 Å². The molecule has 1 aromatic rings. The Labute approximate surface area is 136 Å². The normalized spacial score (nSPS) is 33.1. The molecule has 2 aliphatic rings. The van der Waals surface area contributed by atoms with Gasteiger partial charge in [-0.3, -0.25) is 15.0 Å². The molecule has 0 radical (unpaired) electrons. The van der Waals surface area contributed by atoms with Crippen molar-refractivity contribution in [3.8, 4) is 5.75 Å². The Morgan fingerprint density at radius 3 is 2.65 bits per heavy atom. The van der Waals surface area contributed by atoms with Gasteiger partial charge in [-0.1, -0.05) is 6.92 Å². The van der Waals surface area contributed by atoms with Crippen molar-refractivity contribution in [3.63, 3.8) is 0 Å². The van der Waals surface area contributed by atoms with Gasteiger partial charge in [0.15, 0.2) is 0 Å². The van der Waals surface area contributed by atoms with Crippen LogP contribution in [0.1, 0.15) is 45.7 Å². The van der Waals surface area contributed by atoms with Crippen molar-refractivity contribution in [3.05, 3.63) is 33.9 Å². The molecule has 0 aliphatic carbocycles. The summed E-state index contributed by atoms with van der Waals surface area (Å²) in [7, 11) is 0. The van der Waals surface area contributed by atoms with Gasteiger partial charge in [0.05, 0.1) is 11.0 Å². The Bertz CT molecular complexity index is 631. The van der Waals surface area contributed by atoms with Crippen molar-refractivity contribution in [1.82, 2.24) is 4.90 Å². The minimum absolute atomic E-state index is 0.0316. The van der Waals surface area contributed by atoms with E-state index in [0.29, 0.717) is 23.3 Å². The predicted molar refractivity (Wildman–Crippen MR) is 86.5 cm³/mol. The highest BCUT2D eigenvalue weighted by Gasteiger charge is 2.48. The molecule has 0 amide bonds. The summed E-state index contributed by atoms with van der Waals surface area (Å²) in [5.41, 5.74) is 0.00966. The summed E-state index contributed by atoms with van der Waals surface area (Å²) < 4.78 is 5.92. The maximum Gasteiger partial charge on any atom is 0.270 e. The topological polar surface area (TPSA) is 75.8 Å². The standard InChI is InChI=1S/C17H24N2O4/c1-10-7-11(2)18(9-10)15-13-8-12(19(21)22)5-6-14(13)23-17(3,4)16(15)20/h5-6,8,10-11,15-16,20H,7,9H2,1-4H3/t10?,11?,15-,16+/m0/s1. The molecule has 1 aromatic carbocycles. The van der Waals surface area contributed by atoms with Crippen LogP contribution >= 0.6 is 0 Å². The van der Waals surface area contributed by atoms with E-state index in [4.69, 9.17) is 4.74 Å². The molecule has 3 rings (SSSR count). The van der Waals surface area contributed by atoms with Crippen LogP contribution in [-0.4, -0.2) is 39.2 Å². The van der Waals surface area contributed by atoms with Crippen LogP contribution in [0.5, 0.6) is 5.75 Å². The van der Waals surface area contributed by atoms with Crippen molar-refractivity contribution in [2.45, 2.75) is 57.9 Å². The van der Waals surface area contributed by atoms with E-state index >= 15 is 0 Å². The number of non-ortho nitro benzene ring substituents is 1. The Hall–Kier alpha value is -1.66. The van der Waals surface area contributed by atoms with Gasteiger partial charge >= 0.3 is 0 Å². The van der Waals surface area contributed by atoms with Crippen LogP contribution < -0.4 is 4.74 Å². The number of nitrogens with zero attached hydrogens (tertiary/aromatic N) is 2. The molecule has 6 nitrogen and oxygen atoms in total. The highest BCUT2D eigenvalue weighted by molar-refractivity contribution is 5.48. The second-order valence-corrected chi connectivity index (χ2v) is 7.46. The van der Waals surface area contributed by atoms with Gasteiger partial charge in [-0.15, -0.1) is 0 Å². The molecule has 2 heterocycles. The SMILES string of the molecule is CC1CC(C)N([C@H]2c3cc([N+](=O)[O-])ccc3OC(C)(C)[C@@H]2O)C1. The van der Waals surface area contributed by atoms with Crippen LogP contribution in [0.3, 0.4) is 0 Å². The quantitative estimate of drug-likeness (QED) is 0.670. The zero-order valence-corrected chi connectivity index (χ0v) is 14.0. The summed E-state index contributed by atoms with van der Waals surface area (Å²) in [5, 5.41) is 22.0. The molecule has 23 heavy (non-hydrogen) atoms. The first kappa shape index (κ1) is 16.2. The number of nitro groups is 1. The molecule has 0 bridgehead atoms. The maximum atomic E-state index is 11.1. The van der Waals surface area contributed by atoms with Gasteiger partial charge in [-0.05, 0) is 39.2 Å². The van der Waals surface area contributed by atoms with Crippen LogP contribution in [0.2, 0.25) is 0 Å². The summed E-state index contributed by atoms with van der Waals surface area (Å²) in [4.78, 5) is 13.0. The van der Waals surface area contributed by atoms with E-state index in [9.17, 15) is 15.2 Å². The Kier molecular flexibility index (Phi) is 3.84. The lowest BCUT2D eigenvalue weighted by atomic mass is 9.85. The third-order valence-corrected chi connectivity index (χ3v) is 5.10. The van der Waals surface area contributed by atoms with E-state index in [0.717, 1.165) is 13.0 Å². The molecule has 6 heteroatoms. The third-order valence-electron chi connectivity index (χ3n) is 5.10. The zero-order chi connectivity index (χ0) is 16.9. The van der Waals surface area contributed by atoms with E-state index in [1.807, 2.05) is 13.8 Å². The highest BCUT2D eigenvalue weighted by atomic mass is 16.6. The summed E-state index contributed by atoms with van der Waals surface area (Å²) in [6.45, 7) is 8.94. The van der Waals surface area contributed by atoms with E-state index in [1.165, 1.54) is 6.07 Å². The van der Waals surface area contributed by atoms with Gasteiger partial charge in [0.25, 0.3) is 5.69 Å². The number of hydrogen-bond acceptors (Lipinski definition) is 5. The van der Waals surface area contributed by atoms with E-state index in [-0.39, 0.29) is 11.7 Å². The van der Waals surface area contributed by atoms with E-state index in [2.05, 4.69) is 18.7 Å². The summed E-state index contributed by atoms with van der Waals surface area (Å²) >= 11 is 0. The van der Waals surface area contributed by atoms with Gasteiger partial charge in [0.1, 0.15) is 17.5 Å². The number of aliphatic hydroxyl groups excluding tert-OH is 1. The number of benzene rings is 1. The van der Waals surface area contributed by atoms with Gasteiger partial charge in [0, 0.05) is 30.3 Å². The van der Waals surface area contributed by atoms with E-state index in [1.54, 1.807) is 12.1 Å². The summed E-state index contributed by atoms with van der Waals surface area (Å²) in [5.74, 6) is 1.17. The van der Waals surface area contributed by atoms with Crippen LogP contribution in [0.15, 0.2) is 18.2 Å². The average molecular weight is 320 g/mol. The first-order chi connectivity index (χ1) is 10.7. The summed E-state index contributed by atoms with van der Waals surface area (Å²) in [6.07, 6.45) is 0.319. The fourth-order valence-corrected chi connectivity index (χ4v) is 3.95. The van der Waals surface area contributed by atoms with Gasteiger partial charge in [-0.25, -0.2) is 0 Å². The van der Waals surface area contributed by atoms with Crippen LogP contribution in [0.25, 0.3) is 0 Å². The maximum absolute atomic E-state index is 11.1. The Morgan fingerprint density at radius 1 is 1.39 bits per heavy atom. The van der Waals surface area contributed by atoms with Crippen LogP contribution in [0.4, 0.5) is 5.69 Å². The summed E-state index contributed by atoms with van der Waals surface area (Å²) in [6, 6.07) is 4.70. The lowest BCUT2D eigenvalue weighted by molar-refractivity contribution is -0.385. The number of aliphatic hydroxyl groups is 1. The predicted octanol–water partition coefficient (Wildman–Crippen LogP) is 2.90. The molecule has 1 saturated heterocycles. The van der Waals surface area contributed by atoms with Gasteiger partial charge in [0.2, 0.25) is 0 Å². The number of fused-ring (bicyclic) bond motifs is 1. The van der Waals surface area contributed by atoms with Crippen molar-refractivity contribution >= 4 is 5.69 Å². The zero-order valence-electron chi connectivity index (χ0n) is 14.0. The minimum atomic E-state index is -0.746. The molecular formula is C17H24N2O4. The fraction of sp³-hybridized carbons (Fsp3) is 0.647. The Balaban J connectivity index is 2.10. The Morgan fingerprint density at radius 2 is 2.09 bits per heavy atom. The largest absolute Gasteiger partial charge is 0.485 e. The molecule has 0 saturated carbocycles. The molecule has 126 valence electrons. The molecule has 2 aliphatic heterocycles. The van der Waals surface area contributed by atoms with Crippen molar-refractivity contribution < 1.29 is 14.8 Å². The van der Waals surface area contributed by atoms with Crippen LogP contribution in [0, 0.1) is 16.0 Å². The number of likely N-dealkylation sites (tertiary alicyclic amines) is 1. The first-order valence-electron chi connectivity index (χ1n) is 8.12. The van der Waals surface area contributed by atoms with Crippen molar-refractivity contribution in [1.29, 1.82) is 0 Å². The first-order valence-corrected chi connectivity index (χ1v) is 8.12. The highest BCUT2D eigenvalue weighted by Crippen LogP contribution is 2.46. The third kappa shape index (κ3) is 2.70. The number of hydrogen-bond donors (Lipinski definition) is 1. The molecule has 2 unspecified atom stereocenters. The van der Waals surface area contributed by atoms with E-state index < -0.39 is 16.6 Å². The monoisotopic (exact) mass is 320 g/mol. The second kappa shape index (κ2) is 5.46. The fourth-order valence-electron chi connectivity index (χ4n) is 3.95. The number of ether oxygens (including phenoxy) is 1. The molecule has 1 fully saturated rings. The molecule has 1 N–H and O–H groups in total. The lowest BCUT2D eigenvalue weighted by Gasteiger charge is -2.46. The molecular weight excluding hydrogens is 296 g/mol. The average Bonchev–Trinajstić information content (AvgIpc) is 2.78. The van der Waals surface area contributed by atoms with Crippen molar-refractivity contribution in [2.24, 2.45) is 5.92 Å². The number of rotatable bonds is 2. The molecule has 0 aromatic heterocycles. The lowest BCUT2D eigenvalue weighted by Crippen LogP contribution is -2.54. The van der Waals surface area contributed by atoms with Crippen LogP contribution in [-0.2, 0) is 0 Å².